The highest BCUT2D eigenvalue weighted by Crippen LogP contribution is 2.26. The number of rotatable bonds is 7. The van der Waals surface area contributed by atoms with Crippen molar-refractivity contribution in [3.8, 4) is 5.75 Å². The first-order valence-corrected chi connectivity index (χ1v) is 8.67. The van der Waals surface area contributed by atoms with Gasteiger partial charge in [-0.2, -0.15) is 0 Å². The predicted molar refractivity (Wildman–Crippen MR) is 102 cm³/mol. The topological polar surface area (TPSA) is 41.6 Å². The van der Waals surface area contributed by atoms with Gasteiger partial charge >= 0.3 is 0 Å². The molecule has 0 saturated carbocycles. The summed E-state index contributed by atoms with van der Waals surface area (Å²) >= 11 is 6.15. The molecule has 0 aliphatic rings. The van der Waals surface area contributed by atoms with Gasteiger partial charge in [-0.25, -0.2) is 0 Å². The van der Waals surface area contributed by atoms with E-state index in [4.69, 9.17) is 16.3 Å². The highest BCUT2D eigenvalue weighted by atomic mass is 35.5. The number of amides is 1. The molecule has 2 rings (SSSR count). The molecule has 0 heterocycles. The molecule has 0 spiro atoms. The van der Waals surface area contributed by atoms with Crippen LogP contribution in [0.5, 0.6) is 5.75 Å². The molecule has 134 valence electrons. The second-order valence-corrected chi connectivity index (χ2v) is 6.84. The number of nitrogens with zero attached hydrogens (tertiary/aromatic N) is 1. The van der Waals surface area contributed by atoms with Crippen molar-refractivity contribution in [2.24, 2.45) is 0 Å². The van der Waals surface area contributed by atoms with Crippen molar-refractivity contribution in [1.29, 1.82) is 0 Å². The van der Waals surface area contributed by atoms with Crippen LogP contribution in [0.4, 0.5) is 0 Å². The lowest BCUT2D eigenvalue weighted by Crippen LogP contribution is -2.41. The van der Waals surface area contributed by atoms with Crippen LogP contribution >= 0.6 is 11.6 Å². The number of likely N-dealkylation sites (N-methyl/N-ethyl adjacent to an activating group) is 1. The predicted octanol–water partition coefficient (Wildman–Crippen LogP) is 3.83. The molecule has 4 nitrogen and oxygen atoms in total. The van der Waals surface area contributed by atoms with Gasteiger partial charge in [-0.05, 0) is 51.2 Å². The molecule has 2 atom stereocenters. The third-order valence-corrected chi connectivity index (χ3v) is 4.14. The van der Waals surface area contributed by atoms with Crippen molar-refractivity contribution in [3.05, 3.63) is 64.7 Å². The van der Waals surface area contributed by atoms with Crippen LogP contribution in [0.25, 0.3) is 0 Å². The van der Waals surface area contributed by atoms with Crippen molar-refractivity contribution in [2.75, 3.05) is 20.6 Å². The lowest BCUT2D eigenvalue weighted by atomic mass is 10.1. The van der Waals surface area contributed by atoms with E-state index in [1.165, 1.54) is 0 Å². The van der Waals surface area contributed by atoms with Gasteiger partial charge in [0.05, 0.1) is 11.1 Å². The first-order chi connectivity index (χ1) is 11.9. The van der Waals surface area contributed by atoms with Gasteiger partial charge in [0.25, 0.3) is 5.91 Å². The second kappa shape index (κ2) is 8.88. The van der Waals surface area contributed by atoms with Gasteiger partial charge < -0.3 is 15.0 Å². The van der Waals surface area contributed by atoms with Crippen molar-refractivity contribution < 1.29 is 9.53 Å². The van der Waals surface area contributed by atoms with Crippen LogP contribution < -0.4 is 10.1 Å². The van der Waals surface area contributed by atoms with Gasteiger partial charge in [-0.3, -0.25) is 4.79 Å². The quantitative estimate of drug-likeness (QED) is 0.815. The average molecular weight is 361 g/mol. The van der Waals surface area contributed by atoms with E-state index >= 15 is 0 Å². The van der Waals surface area contributed by atoms with Crippen LogP contribution in [0.15, 0.2) is 48.5 Å². The van der Waals surface area contributed by atoms with Gasteiger partial charge in [-0.15, -0.1) is 0 Å². The first kappa shape index (κ1) is 19.3. The smallest absolute Gasteiger partial charge is 0.261 e. The molecule has 0 saturated heterocycles. The SMILES string of the molecule is Cc1ccc(Cl)c(OC(C)C(=O)NC(CN(C)C)c2ccccc2)c1. The number of ether oxygens (including phenoxy) is 1. The lowest BCUT2D eigenvalue weighted by Gasteiger charge is -2.25. The summed E-state index contributed by atoms with van der Waals surface area (Å²) in [5, 5.41) is 3.57. The number of carbonyl (C=O) groups is 1. The molecule has 1 amide bonds. The summed E-state index contributed by atoms with van der Waals surface area (Å²) in [5.41, 5.74) is 2.09. The van der Waals surface area contributed by atoms with Crippen LogP contribution in [0.1, 0.15) is 24.1 Å². The summed E-state index contributed by atoms with van der Waals surface area (Å²) in [6.45, 7) is 4.38. The maximum atomic E-state index is 12.6. The van der Waals surface area contributed by atoms with Crippen LogP contribution in [-0.2, 0) is 4.79 Å². The van der Waals surface area contributed by atoms with E-state index in [1.54, 1.807) is 13.0 Å². The standard InChI is InChI=1S/C20H25ClN2O2/c1-14-10-11-17(21)19(12-14)25-15(2)20(24)22-18(13-23(3)4)16-8-6-5-7-9-16/h5-12,15,18H,13H2,1-4H3,(H,22,24). The van der Waals surface area contributed by atoms with E-state index in [1.807, 2.05) is 68.4 Å². The lowest BCUT2D eigenvalue weighted by molar-refractivity contribution is -0.128. The number of nitrogens with one attached hydrogen (secondary N) is 1. The molecule has 25 heavy (non-hydrogen) atoms. The monoisotopic (exact) mass is 360 g/mol. The molecule has 2 aromatic rings. The summed E-state index contributed by atoms with van der Waals surface area (Å²) in [6.07, 6.45) is -0.646. The second-order valence-electron chi connectivity index (χ2n) is 6.43. The fraction of sp³-hybridized carbons (Fsp3) is 0.350. The number of hydrogen-bond donors (Lipinski definition) is 1. The summed E-state index contributed by atoms with van der Waals surface area (Å²) in [6, 6.07) is 15.3. The fourth-order valence-corrected chi connectivity index (χ4v) is 2.68. The molecule has 2 aromatic carbocycles. The average Bonchev–Trinajstić information content (AvgIpc) is 2.57. The molecule has 0 aliphatic carbocycles. The van der Waals surface area contributed by atoms with E-state index in [9.17, 15) is 4.79 Å². The number of carbonyl (C=O) groups excluding carboxylic acids is 1. The number of benzene rings is 2. The molecular weight excluding hydrogens is 336 g/mol. The minimum atomic E-state index is -0.646. The Bertz CT molecular complexity index is 704. The number of halogens is 1. The van der Waals surface area contributed by atoms with Crippen molar-refractivity contribution in [1.82, 2.24) is 10.2 Å². The minimum absolute atomic E-state index is 0.109. The summed E-state index contributed by atoms with van der Waals surface area (Å²) in [4.78, 5) is 14.7. The maximum absolute atomic E-state index is 12.6. The third kappa shape index (κ3) is 5.76. The third-order valence-electron chi connectivity index (χ3n) is 3.83. The molecule has 0 aliphatic heterocycles. The Morgan fingerprint density at radius 1 is 1.20 bits per heavy atom. The Kier molecular flexibility index (Phi) is 6.85. The zero-order valence-corrected chi connectivity index (χ0v) is 15.9. The summed E-state index contributed by atoms with van der Waals surface area (Å²) < 4.78 is 5.77. The Balaban J connectivity index is 2.08. The van der Waals surface area contributed by atoms with Crippen molar-refractivity contribution >= 4 is 17.5 Å². The number of hydrogen-bond acceptors (Lipinski definition) is 3. The molecule has 5 heteroatoms. The van der Waals surface area contributed by atoms with E-state index in [2.05, 4.69) is 5.32 Å². The van der Waals surface area contributed by atoms with Gasteiger partial charge in [-0.1, -0.05) is 48.0 Å². The molecule has 0 radical (unpaired) electrons. The maximum Gasteiger partial charge on any atom is 0.261 e. The van der Waals surface area contributed by atoms with Crippen LogP contribution in [0.2, 0.25) is 5.02 Å². The fourth-order valence-electron chi connectivity index (χ4n) is 2.52. The van der Waals surface area contributed by atoms with E-state index < -0.39 is 6.10 Å². The minimum Gasteiger partial charge on any atom is -0.479 e. The van der Waals surface area contributed by atoms with Crippen molar-refractivity contribution in [2.45, 2.75) is 26.0 Å². The molecule has 0 fully saturated rings. The zero-order chi connectivity index (χ0) is 18.4. The largest absolute Gasteiger partial charge is 0.479 e. The highest BCUT2D eigenvalue weighted by molar-refractivity contribution is 6.32. The van der Waals surface area contributed by atoms with Crippen LogP contribution in [0.3, 0.4) is 0 Å². The van der Waals surface area contributed by atoms with Gasteiger partial charge in [0.15, 0.2) is 6.10 Å². The first-order valence-electron chi connectivity index (χ1n) is 8.29. The van der Waals surface area contributed by atoms with E-state index in [-0.39, 0.29) is 11.9 Å². The molecule has 1 N–H and O–H groups in total. The Hall–Kier alpha value is -2.04. The molecule has 0 aromatic heterocycles. The van der Waals surface area contributed by atoms with Crippen molar-refractivity contribution in [3.63, 3.8) is 0 Å². The molecular formula is C20H25ClN2O2. The highest BCUT2D eigenvalue weighted by Gasteiger charge is 2.21. The van der Waals surface area contributed by atoms with E-state index in [0.717, 1.165) is 11.1 Å². The summed E-state index contributed by atoms with van der Waals surface area (Å²) in [7, 11) is 3.96. The number of aryl methyl sites for hydroxylation is 1. The van der Waals surface area contributed by atoms with Gasteiger partial charge in [0, 0.05) is 6.54 Å². The zero-order valence-electron chi connectivity index (χ0n) is 15.1. The summed E-state index contributed by atoms with van der Waals surface area (Å²) in [5.74, 6) is 0.349. The Morgan fingerprint density at radius 3 is 2.52 bits per heavy atom. The van der Waals surface area contributed by atoms with Crippen LogP contribution in [-0.4, -0.2) is 37.6 Å². The van der Waals surface area contributed by atoms with E-state index in [0.29, 0.717) is 17.3 Å². The Morgan fingerprint density at radius 2 is 1.88 bits per heavy atom. The Labute approximate surface area is 154 Å². The molecule has 0 bridgehead atoms. The van der Waals surface area contributed by atoms with Gasteiger partial charge in [0.2, 0.25) is 0 Å². The van der Waals surface area contributed by atoms with Crippen LogP contribution in [0, 0.1) is 6.92 Å². The molecule has 2 unspecified atom stereocenters. The normalized spacial score (nSPS) is 13.4. The van der Waals surface area contributed by atoms with Gasteiger partial charge in [0.1, 0.15) is 5.75 Å².